The molecule has 0 saturated carbocycles. The third-order valence-electron chi connectivity index (χ3n) is 3.54. The Morgan fingerprint density at radius 2 is 2.05 bits per heavy atom. The first kappa shape index (κ1) is 14.5. The van der Waals surface area contributed by atoms with Gasteiger partial charge in [0.15, 0.2) is 0 Å². The fourth-order valence-electron chi connectivity index (χ4n) is 2.31. The number of hydrogen-bond acceptors (Lipinski definition) is 3. The number of benzene rings is 1. The minimum atomic E-state index is -0.000418. The predicted molar refractivity (Wildman–Crippen MR) is 78.9 cm³/mol. The maximum atomic E-state index is 12.2. The monoisotopic (exact) mass is 275 g/mol. The lowest BCUT2D eigenvalue weighted by Crippen LogP contribution is -2.32. The Morgan fingerprint density at radius 3 is 2.60 bits per heavy atom. The van der Waals surface area contributed by atoms with Gasteiger partial charge in [0.25, 0.3) is 5.91 Å². The van der Waals surface area contributed by atoms with Crippen molar-refractivity contribution in [3.8, 4) is 0 Å². The summed E-state index contributed by atoms with van der Waals surface area (Å²) in [5.41, 5.74) is 1.53. The Bertz CT molecular complexity index is 484. The highest BCUT2D eigenvalue weighted by Gasteiger charge is 2.21. The van der Waals surface area contributed by atoms with Crippen molar-refractivity contribution in [2.75, 3.05) is 38.6 Å². The summed E-state index contributed by atoms with van der Waals surface area (Å²) in [6.07, 6.45) is 1.53. The van der Waals surface area contributed by atoms with Crippen molar-refractivity contribution in [1.29, 1.82) is 0 Å². The van der Waals surface area contributed by atoms with Gasteiger partial charge < -0.3 is 15.1 Å². The maximum absolute atomic E-state index is 12.2. The van der Waals surface area contributed by atoms with Crippen molar-refractivity contribution < 1.29 is 9.59 Å². The van der Waals surface area contributed by atoms with E-state index in [1.54, 1.807) is 29.0 Å². The summed E-state index contributed by atoms with van der Waals surface area (Å²) in [6, 6.07) is 7.28. The van der Waals surface area contributed by atoms with Crippen molar-refractivity contribution in [3.63, 3.8) is 0 Å². The highest BCUT2D eigenvalue weighted by molar-refractivity contribution is 5.97. The van der Waals surface area contributed by atoms with Crippen molar-refractivity contribution in [2.45, 2.75) is 12.8 Å². The fraction of sp³-hybridized carbons (Fsp3) is 0.467. The summed E-state index contributed by atoms with van der Waals surface area (Å²) in [5, 5.41) is 3.02. The molecule has 2 amide bonds. The second kappa shape index (κ2) is 6.52. The van der Waals surface area contributed by atoms with E-state index < -0.39 is 0 Å². The molecule has 0 radical (unpaired) electrons. The van der Waals surface area contributed by atoms with Gasteiger partial charge in [0, 0.05) is 44.4 Å². The van der Waals surface area contributed by atoms with E-state index >= 15 is 0 Å². The van der Waals surface area contributed by atoms with Gasteiger partial charge in [-0.05, 0) is 37.7 Å². The van der Waals surface area contributed by atoms with E-state index in [4.69, 9.17) is 0 Å². The number of nitrogens with zero attached hydrogens (tertiary/aromatic N) is 2. The number of carbonyl (C=O) groups excluding carboxylic acids is 2. The molecule has 20 heavy (non-hydrogen) atoms. The number of anilines is 1. The average Bonchev–Trinajstić information content (AvgIpc) is 2.90. The van der Waals surface area contributed by atoms with Crippen LogP contribution in [-0.2, 0) is 4.79 Å². The Kier molecular flexibility index (Phi) is 4.74. The largest absolute Gasteiger partial charge is 0.340 e. The van der Waals surface area contributed by atoms with Gasteiger partial charge in [0.05, 0.1) is 0 Å². The van der Waals surface area contributed by atoms with E-state index in [0.29, 0.717) is 18.5 Å². The minimum Gasteiger partial charge on any atom is -0.340 e. The summed E-state index contributed by atoms with van der Waals surface area (Å²) in [6.45, 7) is 2.21. The Morgan fingerprint density at radius 1 is 1.35 bits per heavy atom. The fourth-order valence-corrected chi connectivity index (χ4v) is 2.31. The van der Waals surface area contributed by atoms with Gasteiger partial charge in [-0.2, -0.15) is 0 Å². The van der Waals surface area contributed by atoms with Crippen LogP contribution in [0.15, 0.2) is 24.3 Å². The van der Waals surface area contributed by atoms with E-state index in [2.05, 4.69) is 5.32 Å². The van der Waals surface area contributed by atoms with Gasteiger partial charge in [-0.1, -0.05) is 0 Å². The molecule has 1 heterocycles. The maximum Gasteiger partial charge on any atom is 0.253 e. The first-order valence-corrected chi connectivity index (χ1v) is 6.94. The molecule has 1 aliphatic heterocycles. The quantitative estimate of drug-likeness (QED) is 0.875. The zero-order valence-corrected chi connectivity index (χ0v) is 12.1. The van der Waals surface area contributed by atoms with Gasteiger partial charge in [-0.3, -0.25) is 9.59 Å². The zero-order chi connectivity index (χ0) is 14.5. The molecule has 1 N–H and O–H groups in total. The smallest absolute Gasteiger partial charge is 0.253 e. The van der Waals surface area contributed by atoms with E-state index in [1.807, 2.05) is 19.2 Å². The molecule has 0 spiro atoms. The molecule has 5 nitrogen and oxygen atoms in total. The topological polar surface area (TPSA) is 52.7 Å². The van der Waals surface area contributed by atoms with E-state index in [0.717, 1.165) is 25.2 Å². The van der Waals surface area contributed by atoms with Gasteiger partial charge in [-0.15, -0.1) is 0 Å². The lowest BCUT2D eigenvalue weighted by molar-refractivity contribution is -0.117. The molecule has 0 bridgehead atoms. The molecule has 1 aromatic rings. The van der Waals surface area contributed by atoms with E-state index in [-0.39, 0.29) is 11.8 Å². The summed E-state index contributed by atoms with van der Waals surface area (Å²) in [4.78, 5) is 27.3. The summed E-state index contributed by atoms with van der Waals surface area (Å²) < 4.78 is 0. The summed E-state index contributed by atoms with van der Waals surface area (Å²) in [5.74, 6) is 0.162. The van der Waals surface area contributed by atoms with Crippen LogP contribution < -0.4 is 10.2 Å². The van der Waals surface area contributed by atoms with Crippen LogP contribution in [0.1, 0.15) is 23.2 Å². The molecule has 1 aliphatic rings. The van der Waals surface area contributed by atoms with Crippen LogP contribution in [0.5, 0.6) is 0 Å². The molecule has 2 rings (SSSR count). The second-order valence-electron chi connectivity index (χ2n) is 5.03. The highest BCUT2D eigenvalue weighted by Crippen LogP contribution is 2.21. The minimum absolute atomic E-state index is 0.000418. The number of carbonyl (C=O) groups is 2. The van der Waals surface area contributed by atoms with Crippen LogP contribution in [0.4, 0.5) is 5.69 Å². The molecule has 1 aromatic carbocycles. The van der Waals surface area contributed by atoms with Crippen LogP contribution in [-0.4, -0.2) is 50.4 Å². The Labute approximate surface area is 119 Å². The van der Waals surface area contributed by atoms with E-state index in [9.17, 15) is 9.59 Å². The second-order valence-corrected chi connectivity index (χ2v) is 5.03. The molecule has 1 fully saturated rings. The lowest BCUT2D eigenvalue weighted by atomic mass is 10.1. The third kappa shape index (κ3) is 3.17. The standard InChI is InChI=1S/C15H21N3O2/c1-16-9-11-17(2)15(20)12-5-7-13(8-6-12)18-10-3-4-14(18)19/h5-8,16H,3-4,9-11H2,1-2H3. The Balaban J connectivity index is 2.04. The molecule has 108 valence electrons. The van der Waals surface area contributed by atoms with Crippen LogP contribution in [0.25, 0.3) is 0 Å². The van der Waals surface area contributed by atoms with Gasteiger partial charge >= 0.3 is 0 Å². The number of nitrogens with one attached hydrogen (secondary N) is 1. The van der Waals surface area contributed by atoms with Gasteiger partial charge in [0.2, 0.25) is 5.91 Å². The first-order chi connectivity index (χ1) is 9.63. The predicted octanol–water partition coefficient (Wildman–Crippen LogP) is 1.10. The molecular weight excluding hydrogens is 254 g/mol. The number of amides is 2. The SMILES string of the molecule is CNCCN(C)C(=O)c1ccc(N2CCCC2=O)cc1. The molecule has 5 heteroatoms. The van der Waals surface area contributed by atoms with Crippen LogP contribution in [0.3, 0.4) is 0 Å². The van der Waals surface area contributed by atoms with Crippen molar-refractivity contribution in [1.82, 2.24) is 10.2 Å². The lowest BCUT2D eigenvalue weighted by Gasteiger charge is -2.18. The van der Waals surface area contributed by atoms with Crippen molar-refractivity contribution >= 4 is 17.5 Å². The summed E-state index contributed by atoms with van der Waals surface area (Å²) >= 11 is 0. The molecule has 0 atom stereocenters. The molecular formula is C15H21N3O2. The Hall–Kier alpha value is -1.88. The van der Waals surface area contributed by atoms with Crippen molar-refractivity contribution in [3.05, 3.63) is 29.8 Å². The summed E-state index contributed by atoms with van der Waals surface area (Å²) in [7, 11) is 3.65. The van der Waals surface area contributed by atoms with Crippen LogP contribution in [0, 0.1) is 0 Å². The first-order valence-electron chi connectivity index (χ1n) is 6.94. The van der Waals surface area contributed by atoms with Crippen LogP contribution in [0.2, 0.25) is 0 Å². The van der Waals surface area contributed by atoms with E-state index in [1.165, 1.54) is 0 Å². The third-order valence-corrected chi connectivity index (χ3v) is 3.54. The zero-order valence-electron chi connectivity index (χ0n) is 12.1. The average molecular weight is 275 g/mol. The number of likely N-dealkylation sites (N-methyl/N-ethyl adjacent to an activating group) is 2. The number of rotatable bonds is 5. The highest BCUT2D eigenvalue weighted by atomic mass is 16.2. The van der Waals surface area contributed by atoms with Crippen LogP contribution >= 0.6 is 0 Å². The molecule has 0 aliphatic carbocycles. The van der Waals surface area contributed by atoms with Crippen molar-refractivity contribution in [2.24, 2.45) is 0 Å². The normalized spacial score (nSPS) is 14.7. The van der Waals surface area contributed by atoms with Gasteiger partial charge in [0.1, 0.15) is 0 Å². The number of hydrogen-bond donors (Lipinski definition) is 1. The molecule has 1 saturated heterocycles. The van der Waals surface area contributed by atoms with Gasteiger partial charge in [-0.25, -0.2) is 0 Å². The molecule has 0 unspecified atom stereocenters. The molecule has 0 aromatic heterocycles.